The molecule has 0 saturated heterocycles. The summed E-state index contributed by atoms with van der Waals surface area (Å²) >= 11 is 0. The fourth-order valence-corrected chi connectivity index (χ4v) is 2.64. The molecule has 0 aromatic heterocycles. The average Bonchev–Trinajstić information content (AvgIpc) is 3.13. The second-order valence-corrected chi connectivity index (χ2v) is 6.85. The zero-order chi connectivity index (χ0) is 14.0. The van der Waals surface area contributed by atoms with Crippen molar-refractivity contribution in [2.75, 3.05) is 17.7 Å². The van der Waals surface area contributed by atoms with Gasteiger partial charge in [0.25, 0.3) is 0 Å². The van der Waals surface area contributed by atoms with Crippen LogP contribution in [0.2, 0.25) is 0 Å². The Labute approximate surface area is 112 Å². The molecule has 0 radical (unpaired) electrons. The van der Waals surface area contributed by atoms with Crippen molar-refractivity contribution in [3.05, 3.63) is 24.3 Å². The maximum atomic E-state index is 11.4. The van der Waals surface area contributed by atoms with E-state index in [2.05, 4.69) is 0 Å². The molecule has 1 N–H and O–H groups in total. The van der Waals surface area contributed by atoms with Crippen LogP contribution in [0.25, 0.3) is 0 Å². The molecule has 19 heavy (non-hydrogen) atoms. The molecule has 1 saturated carbocycles. The topological polar surface area (TPSA) is 74.7 Å². The Morgan fingerprint density at radius 2 is 1.89 bits per heavy atom. The van der Waals surface area contributed by atoms with Crippen LogP contribution in [0.3, 0.4) is 0 Å². The molecular formula is C13H17NO4S. The Morgan fingerprint density at radius 1 is 1.32 bits per heavy atom. The molecule has 0 aliphatic heterocycles. The molecule has 104 valence electrons. The minimum absolute atomic E-state index is 0.0876. The van der Waals surface area contributed by atoms with Crippen LogP contribution < -0.4 is 4.90 Å². The Morgan fingerprint density at radius 3 is 2.32 bits per heavy atom. The van der Waals surface area contributed by atoms with Gasteiger partial charge in [-0.3, -0.25) is 4.79 Å². The molecule has 2 rings (SSSR count). The van der Waals surface area contributed by atoms with Crippen LogP contribution in [0, 0.1) is 0 Å². The lowest BCUT2D eigenvalue weighted by molar-refractivity contribution is -0.136. The molecular weight excluding hydrogens is 266 g/mol. The maximum Gasteiger partial charge on any atom is 0.305 e. The Bertz CT molecular complexity index is 561. The number of benzene rings is 1. The van der Waals surface area contributed by atoms with Gasteiger partial charge in [-0.05, 0) is 37.1 Å². The van der Waals surface area contributed by atoms with E-state index in [0.717, 1.165) is 18.5 Å². The van der Waals surface area contributed by atoms with Gasteiger partial charge in [0, 0.05) is 24.5 Å². The van der Waals surface area contributed by atoms with E-state index in [4.69, 9.17) is 5.11 Å². The summed E-state index contributed by atoms with van der Waals surface area (Å²) in [4.78, 5) is 13.0. The van der Waals surface area contributed by atoms with Crippen molar-refractivity contribution < 1.29 is 18.3 Å². The fourth-order valence-electron chi connectivity index (χ4n) is 2.01. The molecule has 1 aliphatic rings. The largest absolute Gasteiger partial charge is 0.481 e. The van der Waals surface area contributed by atoms with E-state index in [1.165, 1.54) is 6.26 Å². The number of carboxylic acids is 1. The molecule has 0 unspecified atom stereocenters. The molecule has 6 heteroatoms. The van der Waals surface area contributed by atoms with Gasteiger partial charge in [-0.2, -0.15) is 0 Å². The fraction of sp³-hybridized carbons (Fsp3) is 0.462. The van der Waals surface area contributed by atoms with Gasteiger partial charge in [0.15, 0.2) is 9.84 Å². The van der Waals surface area contributed by atoms with Crippen LogP contribution in [0.4, 0.5) is 5.69 Å². The summed E-state index contributed by atoms with van der Waals surface area (Å²) < 4.78 is 22.8. The van der Waals surface area contributed by atoms with Crippen molar-refractivity contribution in [1.29, 1.82) is 0 Å². The standard InChI is InChI=1S/C13H17NO4S/c1-19(17,18)12-6-4-11(5-7-12)14(10-2-3-10)9-8-13(15)16/h4-7,10H,2-3,8-9H2,1H3,(H,15,16). The van der Waals surface area contributed by atoms with Crippen LogP contribution in [0.15, 0.2) is 29.2 Å². The summed E-state index contributed by atoms with van der Waals surface area (Å²) in [5.74, 6) is -0.821. The second kappa shape index (κ2) is 5.21. The first kappa shape index (κ1) is 13.9. The maximum absolute atomic E-state index is 11.4. The van der Waals surface area contributed by atoms with Gasteiger partial charge >= 0.3 is 5.97 Å². The summed E-state index contributed by atoms with van der Waals surface area (Å²) in [5, 5.41) is 8.76. The number of hydrogen-bond acceptors (Lipinski definition) is 4. The van der Waals surface area contributed by atoms with E-state index in [-0.39, 0.29) is 11.3 Å². The second-order valence-electron chi connectivity index (χ2n) is 4.83. The van der Waals surface area contributed by atoms with Crippen LogP contribution in [0.5, 0.6) is 0 Å². The first-order valence-corrected chi connectivity index (χ1v) is 8.05. The van der Waals surface area contributed by atoms with Crippen molar-refractivity contribution >= 4 is 21.5 Å². The lowest BCUT2D eigenvalue weighted by Gasteiger charge is -2.24. The third-order valence-electron chi connectivity index (χ3n) is 3.15. The smallest absolute Gasteiger partial charge is 0.305 e. The summed E-state index contributed by atoms with van der Waals surface area (Å²) in [6.45, 7) is 0.457. The highest BCUT2D eigenvalue weighted by Crippen LogP contribution is 2.32. The van der Waals surface area contributed by atoms with Gasteiger partial charge in [0.2, 0.25) is 0 Å². The van der Waals surface area contributed by atoms with E-state index in [1.54, 1.807) is 24.3 Å². The highest BCUT2D eigenvalue weighted by molar-refractivity contribution is 7.90. The van der Waals surface area contributed by atoms with Gasteiger partial charge in [-0.25, -0.2) is 8.42 Å². The van der Waals surface area contributed by atoms with E-state index < -0.39 is 15.8 Å². The van der Waals surface area contributed by atoms with Crippen LogP contribution in [-0.4, -0.2) is 38.3 Å². The number of sulfone groups is 1. The van der Waals surface area contributed by atoms with Crippen molar-refractivity contribution in [2.24, 2.45) is 0 Å². The quantitative estimate of drug-likeness (QED) is 0.857. The molecule has 1 aliphatic carbocycles. The number of hydrogen-bond donors (Lipinski definition) is 1. The number of aliphatic carboxylic acids is 1. The molecule has 0 spiro atoms. The van der Waals surface area contributed by atoms with E-state index in [0.29, 0.717) is 12.6 Å². The van der Waals surface area contributed by atoms with E-state index in [1.807, 2.05) is 4.90 Å². The van der Waals surface area contributed by atoms with Crippen LogP contribution in [0.1, 0.15) is 19.3 Å². The lowest BCUT2D eigenvalue weighted by atomic mass is 10.2. The zero-order valence-corrected chi connectivity index (χ0v) is 11.6. The number of carbonyl (C=O) groups is 1. The lowest BCUT2D eigenvalue weighted by Crippen LogP contribution is -2.28. The minimum Gasteiger partial charge on any atom is -0.481 e. The summed E-state index contributed by atoms with van der Waals surface area (Å²) in [7, 11) is -3.19. The van der Waals surface area contributed by atoms with Gasteiger partial charge in [-0.1, -0.05) is 0 Å². The molecule has 1 fully saturated rings. The van der Waals surface area contributed by atoms with Crippen molar-refractivity contribution in [1.82, 2.24) is 0 Å². The number of rotatable bonds is 6. The predicted molar refractivity (Wildman–Crippen MR) is 72.2 cm³/mol. The molecule has 0 heterocycles. The SMILES string of the molecule is CS(=O)(=O)c1ccc(N(CCC(=O)O)C2CC2)cc1. The van der Waals surface area contributed by atoms with Crippen LogP contribution in [-0.2, 0) is 14.6 Å². The first-order valence-electron chi connectivity index (χ1n) is 6.16. The Balaban J connectivity index is 2.16. The van der Waals surface area contributed by atoms with E-state index in [9.17, 15) is 13.2 Å². The van der Waals surface area contributed by atoms with Gasteiger partial charge in [0.1, 0.15) is 0 Å². The first-order chi connectivity index (χ1) is 8.88. The van der Waals surface area contributed by atoms with Gasteiger partial charge in [-0.15, -0.1) is 0 Å². The zero-order valence-electron chi connectivity index (χ0n) is 10.7. The Hall–Kier alpha value is -1.56. The minimum atomic E-state index is -3.19. The normalized spacial score (nSPS) is 15.2. The molecule has 5 nitrogen and oxygen atoms in total. The van der Waals surface area contributed by atoms with Crippen molar-refractivity contribution in [3.8, 4) is 0 Å². The monoisotopic (exact) mass is 283 g/mol. The van der Waals surface area contributed by atoms with Crippen molar-refractivity contribution in [3.63, 3.8) is 0 Å². The number of anilines is 1. The number of nitrogens with zero attached hydrogens (tertiary/aromatic N) is 1. The highest BCUT2D eigenvalue weighted by atomic mass is 32.2. The van der Waals surface area contributed by atoms with E-state index >= 15 is 0 Å². The molecule has 1 aromatic rings. The van der Waals surface area contributed by atoms with Crippen molar-refractivity contribution in [2.45, 2.75) is 30.2 Å². The summed E-state index contributed by atoms with van der Waals surface area (Å²) in [6, 6.07) is 7.03. The van der Waals surface area contributed by atoms with Gasteiger partial charge < -0.3 is 10.0 Å². The average molecular weight is 283 g/mol. The van der Waals surface area contributed by atoms with Crippen LogP contribution >= 0.6 is 0 Å². The molecule has 0 bridgehead atoms. The molecule has 0 amide bonds. The third-order valence-corrected chi connectivity index (χ3v) is 4.28. The predicted octanol–water partition coefficient (Wildman–Crippen LogP) is 1.53. The third kappa shape index (κ3) is 3.70. The molecule has 0 atom stereocenters. The summed E-state index contributed by atoms with van der Waals surface area (Å²) in [5.41, 5.74) is 0.885. The summed E-state index contributed by atoms with van der Waals surface area (Å²) in [6.07, 6.45) is 3.39. The highest BCUT2D eigenvalue weighted by Gasteiger charge is 2.29. The molecule has 1 aromatic carbocycles. The Kier molecular flexibility index (Phi) is 3.80. The number of carboxylic acid groups (broad SMARTS) is 1. The van der Waals surface area contributed by atoms with Gasteiger partial charge in [0.05, 0.1) is 11.3 Å².